The third-order valence-electron chi connectivity index (χ3n) is 6.81. The SMILES string of the molecule is COc1ccc(C2C3=C(CC(C)(C)CC3=O)NC3NNC(c4ccc(Cl)cc4)C32)cc1. The van der Waals surface area contributed by atoms with Crippen LogP contribution in [0.5, 0.6) is 5.75 Å². The molecular formula is C25H28ClN3O2. The number of fused-ring (bicyclic) bond motifs is 1. The number of ketones is 1. The molecule has 1 saturated heterocycles. The zero-order valence-corrected chi connectivity index (χ0v) is 18.8. The highest BCUT2D eigenvalue weighted by Crippen LogP contribution is 2.51. The Morgan fingerprint density at radius 2 is 1.65 bits per heavy atom. The number of nitrogens with one attached hydrogen (secondary N) is 3. The maximum Gasteiger partial charge on any atom is 0.161 e. The topological polar surface area (TPSA) is 62.4 Å². The first-order chi connectivity index (χ1) is 14.9. The summed E-state index contributed by atoms with van der Waals surface area (Å²) in [7, 11) is 1.67. The molecule has 5 nitrogen and oxygen atoms in total. The van der Waals surface area contributed by atoms with Crippen molar-refractivity contribution in [3.63, 3.8) is 0 Å². The van der Waals surface area contributed by atoms with Gasteiger partial charge in [0, 0.05) is 34.5 Å². The summed E-state index contributed by atoms with van der Waals surface area (Å²) in [6.07, 6.45) is 1.47. The van der Waals surface area contributed by atoms with Crippen molar-refractivity contribution < 1.29 is 9.53 Å². The standard InChI is InChI=1S/C25H28ClN3O2/c1-25(2)12-18-21(19(30)13-25)20(14-6-10-17(31-3)11-7-14)22-23(28-29-24(22)27-18)15-4-8-16(26)9-5-15/h4-11,20,22-24,27-29H,12-13H2,1-3H3. The van der Waals surface area contributed by atoms with Crippen molar-refractivity contribution in [2.45, 2.75) is 44.8 Å². The molecule has 5 rings (SSSR count). The Balaban J connectivity index is 1.63. The number of hydrazine groups is 1. The third-order valence-corrected chi connectivity index (χ3v) is 7.07. The Morgan fingerprint density at radius 3 is 2.32 bits per heavy atom. The molecule has 2 aromatic carbocycles. The average Bonchev–Trinajstić information content (AvgIpc) is 3.15. The quantitative estimate of drug-likeness (QED) is 0.661. The number of Topliss-reactive ketones (excluding diaryl/α,β-unsaturated/α-hetero) is 1. The van der Waals surface area contributed by atoms with Crippen molar-refractivity contribution in [1.82, 2.24) is 16.2 Å². The van der Waals surface area contributed by atoms with E-state index in [1.165, 1.54) is 0 Å². The molecule has 162 valence electrons. The fourth-order valence-corrected chi connectivity index (χ4v) is 5.59. The van der Waals surface area contributed by atoms with E-state index in [0.29, 0.717) is 6.42 Å². The van der Waals surface area contributed by atoms with Crippen molar-refractivity contribution in [1.29, 1.82) is 0 Å². The van der Waals surface area contributed by atoms with Gasteiger partial charge in [0.25, 0.3) is 0 Å². The Hall–Kier alpha value is -2.34. The van der Waals surface area contributed by atoms with Gasteiger partial charge in [-0.1, -0.05) is 49.7 Å². The highest BCUT2D eigenvalue weighted by Gasteiger charge is 2.51. The molecule has 1 aliphatic carbocycles. The predicted molar refractivity (Wildman–Crippen MR) is 122 cm³/mol. The number of carbonyl (C=O) groups is 1. The summed E-state index contributed by atoms with van der Waals surface area (Å²) >= 11 is 6.13. The second-order valence-electron chi connectivity index (χ2n) is 9.60. The zero-order valence-electron chi connectivity index (χ0n) is 18.0. The van der Waals surface area contributed by atoms with Gasteiger partial charge in [-0.15, -0.1) is 0 Å². The second kappa shape index (κ2) is 7.66. The van der Waals surface area contributed by atoms with Gasteiger partial charge in [-0.2, -0.15) is 0 Å². The lowest BCUT2D eigenvalue weighted by atomic mass is 9.65. The number of benzene rings is 2. The third kappa shape index (κ3) is 3.65. The van der Waals surface area contributed by atoms with Gasteiger partial charge in [-0.3, -0.25) is 4.79 Å². The largest absolute Gasteiger partial charge is 0.497 e. The van der Waals surface area contributed by atoms with Crippen molar-refractivity contribution in [3.05, 3.63) is 76.0 Å². The Bertz CT molecular complexity index is 1030. The van der Waals surface area contributed by atoms with Gasteiger partial charge < -0.3 is 10.1 Å². The maximum atomic E-state index is 13.4. The average molecular weight is 438 g/mol. The van der Waals surface area contributed by atoms with Gasteiger partial charge in [-0.25, -0.2) is 10.9 Å². The van der Waals surface area contributed by atoms with Crippen molar-refractivity contribution in [3.8, 4) is 5.75 Å². The van der Waals surface area contributed by atoms with Gasteiger partial charge in [0.2, 0.25) is 0 Å². The molecule has 0 aromatic heterocycles. The monoisotopic (exact) mass is 437 g/mol. The number of hydrogen-bond donors (Lipinski definition) is 3. The number of methoxy groups -OCH3 is 1. The number of halogens is 1. The smallest absolute Gasteiger partial charge is 0.161 e. The molecule has 0 amide bonds. The maximum absolute atomic E-state index is 13.4. The highest BCUT2D eigenvalue weighted by atomic mass is 35.5. The van der Waals surface area contributed by atoms with Crippen LogP contribution in [-0.4, -0.2) is 19.1 Å². The molecule has 4 atom stereocenters. The molecule has 0 saturated carbocycles. The summed E-state index contributed by atoms with van der Waals surface area (Å²) in [5.41, 5.74) is 11.2. The van der Waals surface area contributed by atoms with E-state index in [9.17, 15) is 4.79 Å². The summed E-state index contributed by atoms with van der Waals surface area (Å²) in [6, 6.07) is 16.2. The van der Waals surface area contributed by atoms with E-state index < -0.39 is 0 Å². The van der Waals surface area contributed by atoms with Crippen LogP contribution in [0, 0.1) is 11.3 Å². The lowest BCUT2D eigenvalue weighted by molar-refractivity contribution is -0.118. The second-order valence-corrected chi connectivity index (χ2v) is 10.0. The number of rotatable bonds is 3. The van der Waals surface area contributed by atoms with Crippen molar-refractivity contribution >= 4 is 17.4 Å². The van der Waals surface area contributed by atoms with E-state index in [0.717, 1.165) is 39.6 Å². The molecule has 4 unspecified atom stereocenters. The minimum absolute atomic E-state index is 0.0149. The van der Waals surface area contributed by atoms with E-state index >= 15 is 0 Å². The predicted octanol–water partition coefficient (Wildman–Crippen LogP) is 4.47. The van der Waals surface area contributed by atoms with E-state index in [1.54, 1.807) is 7.11 Å². The minimum atomic E-state index is -0.0399. The van der Waals surface area contributed by atoms with E-state index in [1.807, 2.05) is 24.3 Å². The van der Waals surface area contributed by atoms with Crippen molar-refractivity contribution in [2.75, 3.05) is 7.11 Å². The summed E-state index contributed by atoms with van der Waals surface area (Å²) < 4.78 is 5.37. The van der Waals surface area contributed by atoms with Gasteiger partial charge in [0.1, 0.15) is 5.75 Å². The number of allylic oxidation sites excluding steroid dienone is 2. The lowest BCUT2D eigenvalue weighted by Gasteiger charge is -2.44. The van der Waals surface area contributed by atoms with Crippen LogP contribution in [0.3, 0.4) is 0 Å². The van der Waals surface area contributed by atoms with Crippen LogP contribution < -0.4 is 20.9 Å². The summed E-state index contributed by atoms with van der Waals surface area (Å²) in [6.45, 7) is 4.34. The van der Waals surface area contributed by atoms with Crippen LogP contribution in [0.15, 0.2) is 59.8 Å². The molecule has 3 N–H and O–H groups in total. The molecule has 2 aliphatic heterocycles. The molecule has 2 aromatic rings. The van der Waals surface area contributed by atoms with Gasteiger partial charge in [0.15, 0.2) is 5.78 Å². The first-order valence-corrected chi connectivity index (χ1v) is 11.2. The van der Waals surface area contributed by atoms with Gasteiger partial charge >= 0.3 is 0 Å². The molecule has 0 radical (unpaired) electrons. The molecule has 0 bridgehead atoms. The normalized spacial score (nSPS) is 29.2. The number of carbonyl (C=O) groups excluding carboxylic acids is 1. The number of hydrogen-bond acceptors (Lipinski definition) is 5. The summed E-state index contributed by atoms with van der Waals surface area (Å²) in [5, 5.41) is 4.39. The van der Waals surface area contributed by atoms with Crippen LogP contribution in [0.2, 0.25) is 5.02 Å². The van der Waals surface area contributed by atoms with E-state index in [-0.39, 0.29) is 35.2 Å². The Labute approximate surface area is 188 Å². The Morgan fingerprint density at radius 1 is 0.968 bits per heavy atom. The zero-order chi connectivity index (χ0) is 21.8. The molecule has 1 fully saturated rings. The van der Waals surface area contributed by atoms with Crippen LogP contribution in [-0.2, 0) is 4.79 Å². The highest BCUT2D eigenvalue weighted by molar-refractivity contribution is 6.30. The van der Waals surface area contributed by atoms with E-state index in [4.69, 9.17) is 16.3 Å². The summed E-state index contributed by atoms with van der Waals surface area (Å²) in [4.78, 5) is 13.4. The molecular weight excluding hydrogens is 410 g/mol. The molecule has 6 heteroatoms. The first-order valence-electron chi connectivity index (χ1n) is 10.8. The fourth-order valence-electron chi connectivity index (χ4n) is 5.46. The summed E-state index contributed by atoms with van der Waals surface area (Å²) in [5.74, 6) is 1.17. The number of ether oxygens (including phenoxy) is 1. The molecule has 31 heavy (non-hydrogen) atoms. The van der Waals surface area contributed by atoms with Gasteiger partial charge in [0.05, 0.1) is 19.3 Å². The van der Waals surface area contributed by atoms with Crippen LogP contribution in [0.4, 0.5) is 0 Å². The van der Waals surface area contributed by atoms with Crippen LogP contribution in [0.25, 0.3) is 0 Å². The fraction of sp³-hybridized carbons (Fsp3) is 0.400. The lowest BCUT2D eigenvalue weighted by Crippen LogP contribution is -2.51. The Kier molecular flexibility index (Phi) is 5.08. The molecule has 2 heterocycles. The van der Waals surface area contributed by atoms with Crippen LogP contribution in [0.1, 0.15) is 49.8 Å². The molecule has 0 spiro atoms. The molecule has 3 aliphatic rings. The van der Waals surface area contributed by atoms with Crippen molar-refractivity contribution in [2.24, 2.45) is 11.3 Å². The van der Waals surface area contributed by atoms with E-state index in [2.05, 4.69) is 54.3 Å². The first kappa shape index (κ1) is 20.6. The van der Waals surface area contributed by atoms with Gasteiger partial charge in [-0.05, 0) is 47.2 Å². The van der Waals surface area contributed by atoms with Crippen LogP contribution >= 0.6 is 11.6 Å². The minimum Gasteiger partial charge on any atom is -0.497 e.